The van der Waals surface area contributed by atoms with Gasteiger partial charge in [0, 0.05) is 31.0 Å². The van der Waals surface area contributed by atoms with E-state index in [0.29, 0.717) is 12.1 Å². The van der Waals surface area contributed by atoms with Crippen molar-refractivity contribution in [2.24, 2.45) is 5.73 Å². The van der Waals surface area contributed by atoms with Crippen LogP contribution in [-0.2, 0) is 9.84 Å². The molecule has 0 aliphatic rings. The van der Waals surface area contributed by atoms with E-state index in [1.54, 1.807) is 19.2 Å². The molecule has 0 radical (unpaired) electrons. The molecule has 0 bridgehead atoms. The molecular weight excluding hydrogens is 264 g/mol. The quantitative estimate of drug-likeness (QED) is 0.890. The molecule has 5 nitrogen and oxygen atoms in total. The number of carbonyl (C=O) groups excluding carboxylic acids is 1. The van der Waals surface area contributed by atoms with Crippen molar-refractivity contribution in [2.75, 3.05) is 19.8 Å². The fourth-order valence-corrected chi connectivity index (χ4v) is 2.13. The third kappa shape index (κ3) is 3.54. The lowest BCUT2D eigenvalue weighted by molar-refractivity contribution is 0.0640. The highest BCUT2D eigenvalue weighted by Gasteiger charge is 2.27. The SMILES string of the molecule is CN(C(=O)c1cccc(S(C)(=O)=O)c1)C(C)(C)CN. The summed E-state index contributed by atoms with van der Waals surface area (Å²) >= 11 is 0. The van der Waals surface area contributed by atoms with Crippen molar-refractivity contribution in [3.8, 4) is 0 Å². The first-order chi connectivity index (χ1) is 8.59. The largest absolute Gasteiger partial charge is 0.335 e. The van der Waals surface area contributed by atoms with E-state index < -0.39 is 15.4 Å². The van der Waals surface area contributed by atoms with Crippen molar-refractivity contribution >= 4 is 15.7 Å². The molecular formula is C13H20N2O3S. The summed E-state index contributed by atoms with van der Waals surface area (Å²) in [5.41, 5.74) is 5.48. The Bertz CT molecular complexity index is 579. The van der Waals surface area contributed by atoms with Gasteiger partial charge in [-0.3, -0.25) is 4.79 Å². The summed E-state index contributed by atoms with van der Waals surface area (Å²) in [4.78, 5) is 14.0. The zero-order valence-electron chi connectivity index (χ0n) is 11.7. The lowest BCUT2D eigenvalue weighted by Gasteiger charge is -2.34. The second-order valence-corrected chi connectivity index (χ2v) is 7.20. The summed E-state index contributed by atoms with van der Waals surface area (Å²) in [5.74, 6) is -0.249. The molecule has 0 saturated heterocycles. The molecule has 0 heterocycles. The van der Waals surface area contributed by atoms with Crippen molar-refractivity contribution in [3.05, 3.63) is 29.8 Å². The summed E-state index contributed by atoms with van der Waals surface area (Å²) < 4.78 is 23.0. The number of nitrogens with zero attached hydrogens (tertiary/aromatic N) is 1. The fourth-order valence-electron chi connectivity index (χ4n) is 1.47. The second kappa shape index (κ2) is 5.30. The van der Waals surface area contributed by atoms with Gasteiger partial charge in [-0.05, 0) is 32.0 Å². The van der Waals surface area contributed by atoms with Crippen molar-refractivity contribution in [3.63, 3.8) is 0 Å². The molecule has 0 aliphatic carbocycles. The minimum absolute atomic E-state index is 0.136. The second-order valence-electron chi connectivity index (χ2n) is 5.18. The van der Waals surface area contributed by atoms with E-state index in [4.69, 9.17) is 5.73 Å². The van der Waals surface area contributed by atoms with Crippen LogP contribution in [0.25, 0.3) is 0 Å². The van der Waals surface area contributed by atoms with Gasteiger partial charge in [0.2, 0.25) is 0 Å². The standard InChI is InChI=1S/C13H20N2O3S/c1-13(2,9-14)15(3)12(16)10-6-5-7-11(8-10)19(4,17)18/h5-8H,9,14H2,1-4H3. The predicted molar refractivity (Wildman–Crippen MR) is 74.8 cm³/mol. The maximum Gasteiger partial charge on any atom is 0.254 e. The van der Waals surface area contributed by atoms with Crippen LogP contribution in [0, 0.1) is 0 Å². The van der Waals surface area contributed by atoms with E-state index in [1.165, 1.54) is 17.0 Å². The van der Waals surface area contributed by atoms with Gasteiger partial charge in [0.1, 0.15) is 0 Å². The first-order valence-electron chi connectivity index (χ1n) is 5.88. The Morgan fingerprint density at radius 3 is 2.42 bits per heavy atom. The van der Waals surface area contributed by atoms with Crippen LogP contribution in [-0.4, -0.2) is 44.6 Å². The van der Waals surface area contributed by atoms with Gasteiger partial charge in [-0.2, -0.15) is 0 Å². The van der Waals surface area contributed by atoms with Crippen LogP contribution in [0.15, 0.2) is 29.2 Å². The molecule has 6 heteroatoms. The first-order valence-corrected chi connectivity index (χ1v) is 7.77. The van der Waals surface area contributed by atoms with Crippen molar-refractivity contribution in [2.45, 2.75) is 24.3 Å². The van der Waals surface area contributed by atoms with Gasteiger partial charge in [-0.1, -0.05) is 6.07 Å². The zero-order valence-corrected chi connectivity index (χ0v) is 12.5. The van der Waals surface area contributed by atoms with Gasteiger partial charge >= 0.3 is 0 Å². The number of hydrogen-bond acceptors (Lipinski definition) is 4. The molecule has 1 rings (SSSR count). The Labute approximate surface area is 114 Å². The summed E-state index contributed by atoms with van der Waals surface area (Å²) in [6.45, 7) is 4.03. The van der Waals surface area contributed by atoms with Gasteiger partial charge in [0.15, 0.2) is 9.84 Å². The van der Waals surface area contributed by atoms with Crippen LogP contribution < -0.4 is 5.73 Å². The minimum Gasteiger partial charge on any atom is -0.335 e. The molecule has 1 aromatic rings. The van der Waals surface area contributed by atoms with E-state index in [2.05, 4.69) is 0 Å². The molecule has 0 aliphatic heterocycles. The van der Waals surface area contributed by atoms with Crippen LogP contribution in [0.1, 0.15) is 24.2 Å². The van der Waals surface area contributed by atoms with Crippen molar-refractivity contribution < 1.29 is 13.2 Å². The number of hydrogen-bond donors (Lipinski definition) is 1. The van der Waals surface area contributed by atoms with Gasteiger partial charge < -0.3 is 10.6 Å². The molecule has 0 saturated carbocycles. The van der Waals surface area contributed by atoms with Gasteiger partial charge in [0.05, 0.1) is 4.90 Å². The Morgan fingerprint density at radius 1 is 1.37 bits per heavy atom. The third-order valence-electron chi connectivity index (χ3n) is 3.22. The van der Waals surface area contributed by atoms with E-state index >= 15 is 0 Å². The number of rotatable bonds is 4. The number of carbonyl (C=O) groups is 1. The third-order valence-corrected chi connectivity index (χ3v) is 4.33. The molecule has 2 N–H and O–H groups in total. The number of sulfone groups is 1. The Kier molecular flexibility index (Phi) is 4.37. The molecule has 1 amide bonds. The molecule has 0 aromatic heterocycles. The van der Waals surface area contributed by atoms with E-state index in [1.807, 2.05) is 13.8 Å². The monoisotopic (exact) mass is 284 g/mol. The van der Waals surface area contributed by atoms with E-state index in [9.17, 15) is 13.2 Å². The summed E-state index contributed by atoms with van der Waals surface area (Å²) in [5, 5.41) is 0. The molecule has 1 aromatic carbocycles. The van der Waals surface area contributed by atoms with Gasteiger partial charge in [-0.25, -0.2) is 8.42 Å². The number of nitrogens with two attached hydrogens (primary N) is 1. The van der Waals surface area contributed by atoms with Crippen LogP contribution in [0.3, 0.4) is 0 Å². The highest BCUT2D eigenvalue weighted by molar-refractivity contribution is 7.90. The van der Waals surface area contributed by atoms with Crippen molar-refractivity contribution in [1.82, 2.24) is 4.90 Å². The number of amides is 1. The topological polar surface area (TPSA) is 80.5 Å². The lowest BCUT2D eigenvalue weighted by Crippen LogP contribution is -2.50. The maximum atomic E-state index is 12.3. The molecule has 0 fully saturated rings. The normalized spacial score (nSPS) is 12.3. The van der Waals surface area contributed by atoms with Gasteiger partial charge in [0.25, 0.3) is 5.91 Å². The summed E-state index contributed by atoms with van der Waals surface area (Å²) in [6.07, 6.45) is 1.12. The predicted octanol–water partition coefficient (Wildman–Crippen LogP) is 0.899. The van der Waals surface area contributed by atoms with E-state index in [0.717, 1.165) is 6.26 Å². The average Bonchev–Trinajstić information content (AvgIpc) is 2.36. The molecule has 106 valence electrons. The zero-order chi connectivity index (χ0) is 14.8. The lowest BCUT2D eigenvalue weighted by atomic mass is 10.0. The highest BCUT2D eigenvalue weighted by atomic mass is 32.2. The number of likely N-dealkylation sites (N-methyl/N-ethyl adjacent to an activating group) is 1. The van der Waals surface area contributed by atoms with E-state index in [-0.39, 0.29) is 10.8 Å². The maximum absolute atomic E-state index is 12.3. The van der Waals surface area contributed by atoms with Crippen LogP contribution in [0.2, 0.25) is 0 Å². The first kappa shape index (κ1) is 15.7. The highest BCUT2D eigenvalue weighted by Crippen LogP contribution is 2.17. The molecule has 0 spiro atoms. The van der Waals surface area contributed by atoms with Gasteiger partial charge in [-0.15, -0.1) is 0 Å². The Balaban J connectivity index is 3.15. The smallest absolute Gasteiger partial charge is 0.254 e. The average molecular weight is 284 g/mol. The molecule has 19 heavy (non-hydrogen) atoms. The Hall–Kier alpha value is -1.40. The van der Waals surface area contributed by atoms with Crippen LogP contribution >= 0.6 is 0 Å². The van der Waals surface area contributed by atoms with Crippen LogP contribution in [0.4, 0.5) is 0 Å². The molecule has 0 unspecified atom stereocenters. The summed E-state index contributed by atoms with van der Waals surface area (Å²) in [7, 11) is -1.67. The fraction of sp³-hybridized carbons (Fsp3) is 0.462. The molecule has 0 atom stereocenters. The minimum atomic E-state index is -3.32. The summed E-state index contributed by atoms with van der Waals surface area (Å²) in [6, 6.07) is 6.02. The Morgan fingerprint density at radius 2 is 1.95 bits per heavy atom. The number of benzene rings is 1. The van der Waals surface area contributed by atoms with Crippen molar-refractivity contribution in [1.29, 1.82) is 0 Å². The van der Waals surface area contributed by atoms with Crippen LogP contribution in [0.5, 0.6) is 0 Å².